The van der Waals surface area contributed by atoms with Gasteiger partial charge in [0.1, 0.15) is 5.75 Å². The van der Waals surface area contributed by atoms with Crippen LogP contribution in [0.5, 0.6) is 5.75 Å². The number of nitrogens with one attached hydrogen (secondary N) is 2. The van der Waals surface area contributed by atoms with Crippen molar-refractivity contribution >= 4 is 23.3 Å². The standard InChI is InChI=1S/C20H23N3O3/c1-3-26-19-9-4-15-10-11-23(13-16(15)12-19)20(25)22-18-7-5-17(6-8-18)21-14(2)24/h4-9,12H,3,10-11,13H2,1-2H3,(H,21,24)(H,22,25). The molecule has 1 heterocycles. The molecule has 6 heteroatoms. The zero-order valence-corrected chi connectivity index (χ0v) is 15.0. The van der Waals surface area contributed by atoms with Gasteiger partial charge in [-0.25, -0.2) is 4.79 Å². The lowest BCUT2D eigenvalue weighted by molar-refractivity contribution is -0.114. The maximum atomic E-state index is 12.6. The van der Waals surface area contributed by atoms with E-state index in [9.17, 15) is 9.59 Å². The number of fused-ring (bicyclic) bond motifs is 1. The van der Waals surface area contributed by atoms with Crippen LogP contribution in [0.1, 0.15) is 25.0 Å². The second kappa shape index (κ2) is 7.91. The molecule has 2 aromatic carbocycles. The quantitative estimate of drug-likeness (QED) is 0.882. The van der Waals surface area contributed by atoms with Gasteiger partial charge in [-0.05, 0) is 60.9 Å². The molecule has 6 nitrogen and oxygen atoms in total. The van der Waals surface area contributed by atoms with E-state index < -0.39 is 0 Å². The van der Waals surface area contributed by atoms with Gasteiger partial charge in [-0.3, -0.25) is 4.79 Å². The van der Waals surface area contributed by atoms with Crippen molar-refractivity contribution in [1.82, 2.24) is 4.90 Å². The summed E-state index contributed by atoms with van der Waals surface area (Å²) >= 11 is 0. The number of urea groups is 1. The lowest BCUT2D eigenvalue weighted by Gasteiger charge is -2.29. The van der Waals surface area contributed by atoms with E-state index in [1.807, 2.05) is 19.1 Å². The van der Waals surface area contributed by atoms with E-state index >= 15 is 0 Å². The molecule has 3 amide bonds. The zero-order chi connectivity index (χ0) is 18.5. The molecule has 0 aliphatic carbocycles. The molecule has 0 aromatic heterocycles. The molecular weight excluding hydrogens is 330 g/mol. The number of carbonyl (C=O) groups is 2. The summed E-state index contributed by atoms with van der Waals surface area (Å²) in [6, 6.07) is 13.0. The highest BCUT2D eigenvalue weighted by atomic mass is 16.5. The number of carbonyl (C=O) groups excluding carboxylic acids is 2. The van der Waals surface area contributed by atoms with Gasteiger partial charge < -0.3 is 20.3 Å². The van der Waals surface area contributed by atoms with Gasteiger partial charge in [0, 0.05) is 31.4 Å². The molecule has 0 saturated heterocycles. The molecule has 0 unspecified atom stereocenters. The first kappa shape index (κ1) is 17.8. The number of ether oxygens (including phenoxy) is 1. The molecule has 0 radical (unpaired) electrons. The van der Waals surface area contributed by atoms with Crippen LogP contribution in [0, 0.1) is 0 Å². The molecule has 0 bridgehead atoms. The Morgan fingerprint density at radius 2 is 1.73 bits per heavy atom. The number of benzene rings is 2. The van der Waals surface area contributed by atoms with Gasteiger partial charge in [0.15, 0.2) is 0 Å². The van der Waals surface area contributed by atoms with Crippen molar-refractivity contribution in [2.24, 2.45) is 0 Å². The first-order chi connectivity index (χ1) is 12.5. The summed E-state index contributed by atoms with van der Waals surface area (Å²) < 4.78 is 5.55. The van der Waals surface area contributed by atoms with Crippen molar-refractivity contribution in [2.45, 2.75) is 26.8 Å². The number of rotatable bonds is 4. The Balaban J connectivity index is 1.63. The highest BCUT2D eigenvalue weighted by molar-refractivity contribution is 5.91. The van der Waals surface area contributed by atoms with Gasteiger partial charge >= 0.3 is 6.03 Å². The normalized spacial score (nSPS) is 12.9. The topological polar surface area (TPSA) is 70.7 Å². The molecular formula is C20H23N3O3. The van der Waals surface area contributed by atoms with Crippen LogP contribution in [0.2, 0.25) is 0 Å². The fourth-order valence-electron chi connectivity index (χ4n) is 3.01. The van der Waals surface area contributed by atoms with Gasteiger partial charge in [0.25, 0.3) is 0 Å². The minimum absolute atomic E-state index is 0.125. The van der Waals surface area contributed by atoms with E-state index in [-0.39, 0.29) is 11.9 Å². The molecule has 26 heavy (non-hydrogen) atoms. The van der Waals surface area contributed by atoms with Crippen molar-refractivity contribution in [3.05, 3.63) is 53.6 Å². The smallest absolute Gasteiger partial charge is 0.322 e. The predicted molar refractivity (Wildman–Crippen MR) is 101 cm³/mol. The third-order valence-electron chi connectivity index (χ3n) is 4.24. The first-order valence-corrected chi connectivity index (χ1v) is 8.73. The van der Waals surface area contributed by atoms with Gasteiger partial charge in [-0.2, -0.15) is 0 Å². The van der Waals surface area contributed by atoms with Crippen LogP contribution in [0.3, 0.4) is 0 Å². The fourth-order valence-corrected chi connectivity index (χ4v) is 3.01. The molecule has 1 aliphatic heterocycles. The van der Waals surface area contributed by atoms with Gasteiger partial charge in [-0.1, -0.05) is 6.07 Å². The largest absolute Gasteiger partial charge is 0.494 e. The van der Waals surface area contributed by atoms with E-state index in [1.165, 1.54) is 12.5 Å². The summed E-state index contributed by atoms with van der Waals surface area (Å²) in [5, 5.41) is 5.61. The Labute approximate surface area is 153 Å². The lowest BCUT2D eigenvalue weighted by atomic mass is 10.00. The van der Waals surface area contributed by atoms with Gasteiger partial charge in [0.05, 0.1) is 6.61 Å². The van der Waals surface area contributed by atoms with E-state index in [1.54, 1.807) is 29.2 Å². The Bertz CT molecular complexity index is 802. The summed E-state index contributed by atoms with van der Waals surface area (Å²) in [6.07, 6.45) is 0.830. The second-order valence-corrected chi connectivity index (χ2v) is 6.22. The summed E-state index contributed by atoms with van der Waals surface area (Å²) in [5.74, 6) is 0.710. The van der Waals surface area contributed by atoms with Crippen LogP contribution < -0.4 is 15.4 Å². The minimum Gasteiger partial charge on any atom is -0.494 e. The Morgan fingerprint density at radius 3 is 2.38 bits per heavy atom. The third kappa shape index (κ3) is 4.33. The van der Waals surface area contributed by atoms with Crippen LogP contribution in [0.25, 0.3) is 0 Å². The number of hydrogen-bond donors (Lipinski definition) is 2. The third-order valence-corrected chi connectivity index (χ3v) is 4.24. The Hall–Kier alpha value is -3.02. The second-order valence-electron chi connectivity index (χ2n) is 6.22. The van der Waals surface area contributed by atoms with Crippen molar-refractivity contribution < 1.29 is 14.3 Å². The number of anilines is 2. The Kier molecular flexibility index (Phi) is 5.41. The van der Waals surface area contributed by atoms with Crippen molar-refractivity contribution in [3.8, 4) is 5.75 Å². The SMILES string of the molecule is CCOc1ccc2c(c1)CN(C(=O)Nc1ccc(NC(C)=O)cc1)CC2. The monoisotopic (exact) mass is 353 g/mol. The maximum Gasteiger partial charge on any atom is 0.322 e. The highest BCUT2D eigenvalue weighted by Gasteiger charge is 2.21. The molecule has 3 rings (SSSR count). The molecule has 2 N–H and O–H groups in total. The van der Waals surface area contributed by atoms with Gasteiger partial charge in [0.2, 0.25) is 5.91 Å². The highest BCUT2D eigenvalue weighted by Crippen LogP contribution is 2.24. The van der Waals surface area contributed by atoms with E-state index in [0.717, 1.165) is 17.7 Å². The summed E-state index contributed by atoms with van der Waals surface area (Å²) in [4.78, 5) is 25.4. The minimum atomic E-state index is -0.134. The summed E-state index contributed by atoms with van der Waals surface area (Å²) in [5.41, 5.74) is 3.78. The zero-order valence-electron chi connectivity index (χ0n) is 15.0. The predicted octanol–water partition coefficient (Wildman–Crippen LogP) is 3.63. The van der Waals surface area contributed by atoms with Gasteiger partial charge in [-0.15, -0.1) is 0 Å². The maximum absolute atomic E-state index is 12.6. The molecule has 136 valence electrons. The first-order valence-electron chi connectivity index (χ1n) is 8.73. The fraction of sp³-hybridized carbons (Fsp3) is 0.300. The average molecular weight is 353 g/mol. The van der Waals surface area contributed by atoms with Crippen molar-refractivity contribution in [1.29, 1.82) is 0 Å². The van der Waals surface area contributed by atoms with Crippen LogP contribution in [-0.4, -0.2) is 30.0 Å². The number of hydrogen-bond acceptors (Lipinski definition) is 3. The van der Waals surface area contributed by atoms with Crippen molar-refractivity contribution in [3.63, 3.8) is 0 Å². The van der Waals surface area contributed by atoms with Crippen molar-refractivity contribution in [2.75, 3.05) is 23.8 Å². The lowest BCUT2D eigenvalue weighted by Crippen LogP contribution is -2.38. The molecule has 0 spiro atoms. The molecule has 0 saturated carbocycles. The average Bonchev–Trinajstić information content (AvgIpc) is 2.62. The molecule has 2 aromatic rings. The van der Waals surface area contributed by atoms with E-state index in [0.29, 0.717) is 31.1 Å². The Morgan fingerprint density at radius 1 is 1.04 bits per heavy atom. The van der Waals surface area contributed by atoms with Crippen LogP contribution >= 0.6 is 0 Å². The van der Waals surface area contributed by atoms with Crippen LogP contribution in [0.4, 0.5) is 16.2 Å². The van der Waals surface area contributed by atoms with Crippen LogP contribution in [0.15, 0.2) is 42.5 Å². The molecule has 1 aliphatic rings. The van der Waals surface area contributed by atoms with Crippen LogP contribution in [-0.2, 0) is 17.8 Å². The molecule has 0 fully saturated rings. The van der Waals surface area contributed by atoms with E-state index in [4.69, 9.17) is 4.74 Å². The summed E-state index contributed by atoms with van der Waals surface area (Å²) in [7, 11) is 0. The molecule has 0 atom stereocenters. The number of nitrogens with zero attached hydrogens (tertiary/aromatic N) is 1. The van der Waals surface area contributed by atoms with E-state index in [2.05, 4.69) is 16.7 Å². The number of amides is 3. The summed E-state index contributed by atoms with van der Waals surface area (Å²) in [6.45, 7) is 5.28.